The number of hydrogen-bond acceptors (Lipinski definition) is 5. The normalized spacial score (nSPS) is 24.3. The van der Waals surface area contributed by atoms with Crippen LogP contribution in [0.3, 0.4) is 0 Å². The van der Waals surface area contributed by atoms with Crippen molar-refractivity contribution in [2.75, 3.05) is 52.5 Å². The summed E-state index contributed by atoms with van der Waals surface area (Å²) in [7, 11) is 0. The summed E-state index contributed by atoms with van der Waals surface area (Å²) in [5, 5.41) is 9.21. The number of thiophene rings is 1. The molecule has 0 saturated carbocycles. The fourth-order valence-corrected chi connectivity index (χ4v) is 5.36. The first-order valence-electron chi connectivity index (χ1n) is 11.5. The van der Waals surface area contributed by atoms with Gasteiger partial charge in [0.15, 0.2) is 5.96 Å². The molecule has 6 nitrogen and oxygen atoms in total. The van der Waals surface area contributed by atoms with E-state index >= 15 is 0 Å². The lowest BCUT2D eigenvalue weighted by molar-refractivity contribution is -0.0835. The third kappa shape index (κ3) is 8.14. The van der Waals surface area contributed by atoms with Gasteiger partial charge in [0.1, 0.15) is 0 Å². The molecule has 1 aromatic rings. The predicted octanol–water partition coefficient (Wildman–Crippen LogP) is 4.14. The van der Waals surface area contributed by atoms with E-state index in [1.54, 1.807) is 0 Å². The summed E-state index contributed by atoms with van der Waals surface area (Å²) in [5.74, 6) is 1.42. The summed E-state index contributed by atoms with van der Waals surface area (Å²) in [5.41, 5.74) is 0.156. The van der Waals surface area contributed by atoms with Crippen LogP contribution in [0.1, 0.15) is 51.5 Å². The second-order valence-corrected chi connectivity index (χ2v) is 10.3. The third-order valence-corrected chi connectivity index (χ3v) is 6.93. The van der Waals surface area contributed by atoms with Crippen molar-refractivity contribution in [1.82, 2.24) is 15.5 Å². The van der Waals surface area contributed by atoms with Crippen molar-refractivity contribution in [3.8, 4) is 0 Å². The lowest BCUT2D eigenvalue weighted by Gasteiger charge is -2.40. The van der Waals surface area contributed by atoms with Crippen LogP contribution in [0, 0.1) is 11.3 Å². The smallest absolute Gasteiger partial charge is 0.191 e. The molecular weight excluding hydrogens is 523 g/mol. The molecule has 3 unspecified atom stereocenters. The van der Waals surface area contributed by atoms with Crippen molar-refractivity contribution in [2.45, 2.75) is 52.7 Å². The quantitative estimate of drug-likeness (QED) is 0.296. The van der Waals surface area contributed by atoms with E-state index in [1.165, 1.54) is 11.3 Å². The van der Waals surface area contributed by atoms with Crippen molar-refractivity contribution >= 4 is 41.3 Å². The minimum atomic E-state index is 0. The number of guanidine groups is 1. The molecule has 0 radical (unpaired) electrons. The Labute approximate surface area is 209 Å². The fraction of sp³-hybridized carbons (Fsp3) is 0.783. The highest BCUT2D eigenvalue weighted by atomic mass is 127. The van der Waals surface area contributed by atoms with Gasteiger partial charge in [0.05, 0.1) is 31.9 Å². The van der Waals surface area contributed by atoms with E-state index in [2.05, 4.69) is 60.7 Å². The van der Waals surface area contributed by atoms with Gasteiger partial charge < -0.3 is 20.1 Å². The van der Waals surface area contributed by atoms with Crippen LogP contribution in [-0.2, 0) is 9.47 Å². The first-order valence-corrected chi connectivity index (χ1v) is 12.4. The Balaban J connectivity index is 0.00000341. The van der Waals surface area contributed by atoms with Crippen LogP contribution in [0.25, 0.3) is 0 Å². The number of ether oxygens (including phenoxy) is 2. The zero-order chi connectivity index (χ0) is 21.4. The summed E-state index contributed by atoms with van der Waals surface area (Å²) in [4.78, 5) is 8.88. The molecule has 2 aliphatic rings. The molecule has 0 aromatic carbocycles. The molecular formula is C23H41IN4O2S. The van der Waals surface area contributed by atoms with Gasteiger partial charge in [-0.1, -0.05) is 26.8 Å². The van der Waals surface area contributed by atoms with E-state index in [0.717, 1.165) is 64.9 Å². The first-order chi connectivity index (χ1) is 14.5. The van der Waals surface area contributed by atoms with E-state index in [9.17, 15) is 0 Å². The number of aliphatic imine (C=N–C) groups is 1. The molecule has 2 aliphatic heterocycles. The van der Waals surface area contributed by atoms with Gasteiger partial charge in [-0.2, -0.15) is 0 Å². The zero-order valence-electron chi connectivity index (χ0n) is 19.6. The number of halogens is 1. The maximum absolute atomic E-state index is 6.16. The molecule has 178 valence electrons. The topological polar surface area (TPSA) is 58.1 Å². The summed E-state index contributed by atoms with van der Waals surface area (Å²) in [6.07, 6.45) is 2.64. The number of nitrogens with one attached hydrogen (secondary N) is 2. The van der Waals surface area contributed by atoms with E-state index in [4.69, 9.17) is 14.5 Å². The molecule has 31 heavy (non-hydrogen) atoms. The Morgan fingerprint density at radius 1 is 1.26 bits per heavy atom. The lowest BCUT2D eigenvalue weighted by Crippen LogP contribution is -2.47. The maximum Gasteiger partial charge on any atom is 0.191 e. The van der Waals surface area contributed by atoms with Crippen LogP contribution in [0.15, 0.2) is 22.5 Å². The van der Waals surface area contributed by atoms with E-state index in [1.807, 2.05) is 11.3 Å². The molecule has 8 heteroatoms. The summed E-state index contributed by atoms with van der Waals surface area (Å²) >= 11 is 1.82. The summed E-state index contributed by atoms with van der Waals surface area (Å²) in [6, 6.07) is 4.68. The van der Waals surface area contributed by atoms with Crippen molar-refractivity contribution in [3.05, 3.63) is 22.4 Å². The van der Waals surface area contributed by atoms with Gasteiger partial charge in [0, 0.05) is 43.6 Å². The van der Waals surface area contributed by atoms with Gasteiger partial charge in [0.25, 0.3) is 0 Å². The predicted molar refractivity (Wildman–Crippen MR) is 141 cm³/mol. The van der Waals surface area contributed by atoms with Gasteiger partial charge in [-0.3, -0.25) is 9.89 Å². The number of morpholine rings is 1. The molecule has 0 spiro atoms. The molecule has 3 atom stereocenters. The lowest BCUT2D eigenvalue weighted by atomic mass is 9.78. The van der Waals surface area contributed by atoms with E-state index < -0.39 is 0 Å². The minimum Gasteiger partial charge on any atom is -0.379 e. The van der Waals surface area contributed by atoms with Gasteiger partial charge in [0.2, 0.25) is 0 Å². The average molecular weight is 565 g/mol. The van der Waals surface area contributed by atoms with Crippen molar-refractivity contribution in [2.24, 2.45) is 16.3 Å². The molecule has 0 amide bonds. The fourth-order valence-electron chi connectivity index (χ4n) is 4.51. The molecule has 3 rings (SSSR count). The maximum atomic E-state index is 6.16. The summed E-state index contributed by atoms with van der Waals surface area (Å²) in [6.45, 7) is 15.9. The van der Waals surface area contributed by atoms with Crippen molar-refractivity contribution in [3.63, 3.8) is 0 Å². The first kappa shape index (κ1) is 26.8. The van der Waals surface area contributed by atoms with E-state index in [0.29, 0.717) is 12.0 Å². The molecule has 2 saturated heterocycles. The number of hydrogen-bond donors (Lipinski definition) is 2. The van der Waals surface area contributed by atoms with Crippen LogP contribution >= 0.6 is 35.3 Å². The SMILES string of the molecule is CCNC(=NCC(c1cccs1)N1CCOCC1)NCC1CCCOC1C(C)(C)C.I. The largest absolute Gasteiger partial charge is 0.379 e. The Morgan fingerprint density at radius 3 is 2.68 bits per heavy atom. The highest BCUT2D eigenvalue weighted by molar-refractivity contribution is 14.0. The highest BCUT2D eigenvalue weighted by Gasteiger charge is 2.35. The highest BCUT2D eigenvalue weighted by Crippen LogP contribution is 2.33. The van der Waals surface area contributed by atoms with Gasteiger partial charge in [-0.15, -0.1) is 35.3 Å². The van der Waals surface area contributed by atoms with Crippen molar-refractivity contribution in [1.29, 1.82) is 0 Å². The molecule has 0 aliphatic carbocycles. The van der Waals surface area contributed by atoms with Crippen LogP contribution in [0.4, 0.5) is 0 Å². The monoisotopic (exact) mass is 564 g/mol. The number of rotatable bonds is 7. The van der Waals surface area contributed by atoms with Crippen LogP contribution < -0.4 is 10.6 Å². The van der Waals surface area contributed by atoms with Crippen LogP contribution in [-0.4, -0.2) is 69.5 Å². The Kier molecular flexibility index (Phi) is 11.5. The summed E-state index contributed by atoms with van der Waals surface area (Å²) < 4.78 is 11.7. The zero-order valence-corrected chi connectivity index (χ0v) is 22.7. The standard InChI is InChI=1S/C23H40N4O2S.HI/c1-5-24-22(25-16-18-8-6-12-29-21(18)23(2,3)4)26-17-19(20-9-7-15-30-20)27-10-13-28-14-11-27;/h7,9,15,18-19,21H,5-6,8,10-14,16-17H2,1-4H3,(H2,24,25,26);1H. The van der Waals surface area contributed by atoms with Gasteiger partial charge in [-0.05, 0) is 36.6 Å². The van der Waals surface area contributed by atoms with Crippen molar-refractivity contribution < 1.29 is 9.47 Å². The third-order valence-electron chi connectivity index (χ3n) is 5.95. The molecule has 3 heterocycles. The van der Waals surface area contributed by atoms with E-state index in [-0.39, 0.29) is 35.5 Å². The van der Waals surface area contributed by atoms with Gasteiger partial charge >= 0.3 is 0 Å². The minimum absolute atomic E-state index is 0. The number of nitrogens with zero attached hydrogens (tertiary/aromatic N) is 2. The van der Waals surface area contributed by atoms with Gasteiger partial charge in [-0.25, -0.2) is 0 Å². The Hall–Kier alpha value is -0.420. The second-order valence-electron chi connectivity index (χ2n) is 9.34. The average Bonchev–Trinajstić information content (AvgIpc) is 3.27. The molecule has 0 bridgehead atoms. The molecule has 2 N–H and O–H groups in total. The molecule has 1 aromatic heterocycles. The van der Waals surface area contributed by atoms with Crippen LogP contribution in [0.2, 0.25) is 0 Å². The Bertz CT molecular complexity index is 645. The molecule has 2 fully saturated rings. The Morgan fingerprint density at radius 2 is 2.03 bits per heavy atom. The second kappa shape index (κ2) is 13.3. The van der Waals surface area contributed by atoms with Crippen LogP contribution in [0.5, 0.6) is 0 Å².